The van der Waals surface area contributed by atoms with Gasteiger partial charge in [-0.2, -0.15) is 0 Å². The van der Waals surface area contributed by atoms with Crippen LogP contribution in [0.3, 0.4) is 0 Å². The second-order valence-corrected chi connectivity index (χ2v) is 1.67. The Kier molecular flexibility index (Phi) is 5.01. The Morgan fingerprint density at radius 2 is 1.62 bits per heavy atom. The molecule has 0 rings (SSSR count). The normalized spacial score (nSPS) is 10.5. The minimum absolute atomic E-state index is 0.213. The lowest BCUT2D eigenvalue weighted by molar-refractivity contribution is 0.516. The second kappa shape index (κ2) is 5.06. The molecule has 2 heteroatoms. The second-order valence-electron chi connectivity index (χ2n) is 1.67. The highest BCUT2D eigenvalue weighted by molar-refractivity contribution is 4.62. The summed E-state index contributed by atoms with van der Waals surface area (Å²) < 4.78 is 0. The van der Waals surface area contributed by atoms with Crippen LogP contribution in [0, 0.1) is 6.92 Å². The van der Waals surface area contributed by atoms with E-state index in [1.54, 1.807) is 0 Å². The van der Waals surface area contributed by atoms with E-state index in [2.05, 4.69) is 31.4 Å². The molecule has 49 valence electrons. The van der Waals surface area contributed by atoms with Gasteiger partial charge in [-0.05, 0) is 20.0 Å². The molecule has 0 unspecified atom stereocenters. The third-order valence-electron chi connectivity index (χ3n) is 0.901. The highest BCUT2D eigenvalue weighted by Crippen LogP contribution is 1.69. The van der Waals surface area contributed by atoms with Crippen LogP contribution in [0.2, 0.25) is 0 Å². The maximum atomic E-state index is 3.80. The molecule has 0 fully saturated rings. The molecule has 0 aliphatic heterocycles. The summed E-state index contributed by atoms with van der Waals surface area (Å²) >= 11 is 0. The molecule has 0 aromatic carbocycles. The minimum atomic E-state index is 0.213. The zero-order valence-corrected chi connectivity index (χ0v) is 5.70. The van der Waals surface area contributed by atoms with Crippen molar-refractivity contribution in [3.63, 3.8) is 0 Å². The fourth-order valence-electron chi connectivity index (χ4n) is 0.565. The first-order valence-electron chi connectivity index (χ1n) is 3.11. The first-order valence-corrected chi connectivity index (χ1v) is 3.11. The lowest BCUT2D eigenvalue weighted by Gasteiger charge is -2.11. The summed E-state index contributed by atoms with van der Waals surface area (Å²) in [4.78, 5) is 0. The molecule has 0 saturated heterocycles. The molecule has 1 radical (unpaired) electrons. The van der Waals surface area contributed by atoms with E-state index in [1.807, 2.05) is 0 Å². The molecular formula is C6H15N2. The number of rotatable bonds is 4. The Morgan fingerprint density at radius 1 is 1.25 bits per heavy atom. The monoisotopic (exact) mass is 115 g/mol. The van der Waals surface area contributed by atoms with Gasteiger partial charge in [0.05, 0.1) is 6.17 Å². The van der Waals surface area contributed by atoms with E-state index in [1.165, 1.54) is 0 Å². The molecule has 0 aromatic rings. The van der Waals surface area contributed by atoms with Crippen molar-refractivity contribution in [3.05, 3.63) is 6.92 Å². The molecule has 0 spiro atoms. The average Bonchev–Trinajstić information content (AvgIpc) is 1.68. The molecule has 0 aliphatic rings. The summed E-state index contributed by atoms with van der Waals surface area (Å²) in [5, 5.41) is 6.25. The topological polar surface area (TPSA) is 24.1 Å². The molecule has 0 amide bonds. The van der Waals surface area contributed by atoms with E-state index >= 15 is 0 Å². The van der Waals surface area contributed by atoms with Crippen molar-refractivity contribution in [1.82, 2.24) is 10.6 Å². The molecule has 2 N–H and O–H groups in total. The standard InChI is InChI=1S/C6H15N2/c1-4-7-6(3)8-5-2/h6-8H,3-5H2,1-2H3. The first-order chi connectivity index (χ1) is 3.81. The zero-order chi connectivity index (χ0) is 6.41. The van der Waals surface area contributed by atoms with Crippen LogP contribution in [0.15, 0.2) is 0 Å². The van der Waals surface area contributed by atoms with E-state index in [0.29, 0.717) is 0 Å². The van der Waals surface area contributed by atoms with Crippen LogP contribution in [-0.2, 0) is 0 Å². The van der Waals surface area contributed by atoms with Gasteiger partial charge in [0.1, 0.15) is 0 Å². The SMILES string of the molecule is [CH2]C(NCC)NCC. The van der Waals surface area contributed by atoms with Crippen molar-refractivity contribution < 1.29 is 0 Å². The average molecular weight is 115 g/mol. The number of hydrogen-bond donors (Lipinski definition) is 2. The highest BCUT2D eigenvalue weighted by Gasteiger charge is 1.91. The highest BCUT2D eigenvalue weighted by atomic mass is 15.1. The molecule has 0 atom stereocenters. The molecule has 8 heavy (non-hydrogen) atoms. The Hall–Kier alpha value is -0.0800. The summed E-state index contributed by atoms with van der Waals surface area (Å²) in [5.41, 5.74) is 0. The van der Waals surface area contributed by atoms with Crippen molar-refractivity contribution in [1.29, 1.82) is 0 Å². The maximum Gasteiger partial charge on any atom is 0.0572 e. The van der Waals surface area contributed by atoms with Gasteiger partial charge in [0.25, 0.3) is 0 Å². The third kappa shape index (κ3) is 4.09. The van der Waals surface area contributed by atoms with Crippen LogP contribution in [0.25, 0.3) is 0 Å². The molecule has 0 aromatic heterocycles. The van der Waals surface area contributed by atoms with Crippen LogP contribution in [0.5, 0.6) is 0 Å². The predicted molar refractivity (Wildman–Crippen MR) is 36.5 cm³/mol. The Balaban J connectivity index is 2.92. The van der Waals surface area contributed by atoms with E-state index in [-0.39, 0.29) is 6.17 Å². The Bertz CT molecular complexity index is 39.8. The maximum absolute atomic E-state index is 3.80. The molecular weight excluding hydrogens is 100 g/mol. The van der Waals surface area contributed by atoms with Gasteiger partial charge in [-0.1, -0.05) is 13.8 Å². The van der Waals surface area contributed by atoms with Gasteiger partial charge in [0, 0.05) is 0 Å². The summed E-state index contributed by atoms with van der Waals surface area (Å²) in [6, 6.07) is 0. The molecule has 2 nitrogen and oxygen atoms in total. The van der Waals surface area contributed by atoms with Crippen molar-refractivity contribution in [2.24, 2.45) is 0 Å². The van der Waals surface area contributed by atoms with Crippen LogP contribution in [0.4, 0.5) is 0 Å². The molecule has 0 heterocycles. The van der Waals surface area contributed by atoms with Gasteiger partial charge < -0.3 is 10.6 Å². The lowest BCUT2D eigenvalue weighted by Crippen LogP contribution is -2.39. The van der Waals surface area contributed by atoms with Gasteiger partial charge in [-0.25, -0.2) is 0 Å². The Morgan fingerprint density at radius 3 is 1.88 bits per heavy atom. The lowest BCUT2D eigenvalue weighted by atomic mass is 10.5. The molecule has 0 bridgehead atoms. The fourth-order valence-corrected chi connectivity index (χ4v) is 0.565. The van der Waals surface area contributed by atoms with Gasteiger partial charge >= 0.3 is 0 Å². The smallest absolute Gasteiger partial charge is 0.0572 e. The third-order valence-corrected chi connectivity index (χ3v) is 0.901. The van der Waals surface area contributed by atoms with Crippen LogP contribution in [-0.4, -0.2) is 19.3 Å². The number of nitrogens with one attached hydrogen (secondary N) is 2. The summed E-state index contributed by atoms with van der Waals surface area (Å²) in [6.45, 7) is 9.87. The van der Waals surface area contributed by atoms with Crippen LogP contribution >= 0.6 is 0 Å². The van der Waals surface area contributed by atoms with E-state index in [9.17, 15) is 0 Å². The Labute approximate surface area is 51.7 Å². The van der Waals surface area contributed by atoms with Crippen LogP contribution in [0.1, 0.15) is 13.8 Å². The first kappa shape index (κ1) is 7.92. The van der Waals surface area contributed by atoms with E-state index in [0.717, 1.165) is 13.1 Å². The van der Waals surface area contributed by atoms with E-state index in [4.69, 9.17) is 0 Å². The quantitative estimate of drug-likeness (QED) is 0.517. The van der Waals surface area contributed by atoms with Crippen molar-refractivity contribution in [2.75, 3.05) is 13.1 Å². The van der Waals surface area contributed by atoms with Crippen LogP contribution < -0.4 is 10.6 Å². The van der Waals surface area contributed by atoms with E-state index < -0.39 is 0 Å². The zero-order valence-electron chi connectivity index (χ0n) is 5.70. The molecule has 0 aliphatic carbocycles. The summed E-state index contributed by atoms with van der Waals surface area (Å²) in [6.07, 6.45) is 0.213. The molecule has 0 saturated carbocycles. The van der Waals surface area contributed by atoms with Gasteiger partial charge in [-0.15, -0.1) is 0 Å². The largest absolute Gasteiger partial charge is 0.302 e. The van der Waals surface area contributed by atoms with Crippen molar-refractivity contribution in [3.8, 4) is 0 Å². The fraction of sp³-hybridized carbons (Fsp3) is 0.833. The number of hydrogen-bond acceptors (Lipinski definition) is 2. The summed E-state index contributed by atoms with van der Waals surface area (Å²) in [7, 11) is 0. The predicted octanol–water partition coefficient (Wildman–Crippen LogP) is 0.366. The van der Waals surface area contributed by atoms with Crippen molar-refractivity contribution >= 4 is 0 Å². The van der Waals surface area contributed by atoms with Gasteiger partial charge in [0.15, 0.2) is 0 Å². The minimum Gasteiger partial charge on any atom is -0.302 e. The summed E-state index contributed by atoms with van der Waals surface area (Å²) in [5.74, 6) is 0. The van der Waals surface area contributed by atoms with Gasteiger partial charge in [-0.3, -0.25) is 0 Å². The van der Waals surface area contributed by atoms with Gasteiger partial charge in [0.2, 0.25) is 0 Å². The van der Waals surface area contributed by atoms with Crippen molar-refractivity contribution in [2.45, 2.75) is 20.0 Å².